The number of Topliss-reactive ketones (excluding diaryl/α,β-unsaturated/α-hetero) is 1. The number of rotatable bonds is 4. The summed E-state index contributed by atoms with van der Waals surface area (Å²) in [4.78, 5) is 12.4. The quantitative estimate of drug-likeness (QED) is 0.526. The zero-order valence-electron chi connectivity index (χ0n) is 12.2. The predicted octanol–water partition coefficient (Wildman–Crippen LogP) is 3.60. The molecule has 0 amide bonds. The van der Waals surface area contributed by atoms with E-state index in [1.807, 2.05) is 47.2 Å². The Bertz CT molecular complexity index is 779. The predicted molar refractivity (Wildman–Crippen MR) is 91.8 cm³/mol. The van der Waals surface area contributed by atoms with Crippen molar-refractivity contribution in [1.82, 2.24) is 0 Å². The molecule has 3 aromatic rings. The highest BCUT2D eigenvalue weighted by Crippen LogP contribution is 2.12. The molecule has 3 rings (SSSR count). The van der Waals surface area contributed by atoms with E-state index in [1.165, 1.54) is 0 Å². The van der Waals surface area contributed by atoms with E-state index in [2.05, 4.69) is 0 Å². The Hall–Kier alpha value is -2.20. The van der Waals surface area contributed by atoms with Crippen molar-refractivity contribution in [3.63, 3.8) is 0 Å². The van der Waals surface area contributed by atoms with E-state index in [0.29, 0.717) is 12.1 Å². The number of methoxy groups -OCH3 is 1. The Morgan fingerprint density at radius 1 is 1.00 bits per heavy atom. The Labute approximate surface area is 139 Å². The monoisotopic (exact) mass is 358 g/mol. The topological polar surface area (TPSA) is 30.2 Å². The van der Waals surface area contributed by atoms with E-state index < -0.39 is 0 Å². The summed E-state index contributed by atoms with van der Waals surface area (Å²) < 4.78 is 7.08. The normalized spacial score (nSPS) is 10.0. The van der Waals surface area contributed by atoms with Gasteiger partial charge in [0.15, 0.2) is 6.20 Å². The second-order valence-electron chi connectivity index (χ2n) is 4.85. The van der Waals surface area contributed by atoms with Gasteiger partial charge in [0.05, 0.1) is 7.11 Å². The minimum absolute atomic E-state index is 0. The van der Waals surface area contributed by atoms with Crippen LogP contribution in [0, 0.1) is 0 Å². The summed E-state index contributed by atoms with van der Waals surface area (Å²) in [5, 5.41) is 1.13. The number of hydrogen-bond donors (Lipinski definition) is 0. The molecule has 0 aliphatic rings. The van der Waals surface area contributed by atoms with Gasteiger partial charge in [-0.15, -0.1) is 17.0 Å². The molecule has 0 saturated heterocycles. The Kier molecular flexibility index (Phi) is 5.28. The number of pyridine rings is 1. The standard InChI is InChI=1S/C18H16NO2.BrH/c1-21-16-10-8-15(9-11-16)18(20)13-19-12-4-6-14-5-2-3-7-17(14)19;/h2-12H,13H2,1H3;1H/q+1;. The number of benzene rings is 2. The number of para-hydroxylation sites is 1. The van der Waals surface area contributed by atoms with E-state index in [4.69, 9.17) is 4.74 Å². The maximum absolute atomic E-state index is 12.4. The summed E-state index contributed by atoms with van der Waals surface area (Å²) in [6.07, 6.45) is 1.93. The molecule has 0 bridgehead atoms. The van der Waals surface area contributed by atoms with Gasteiger partial charge >= 0.3 is 0 Å². The fraction of sp³-hybridized carbons (Fsp3) is 0.111. The first-order valence-electron chi connectivity index (χ1n) is 6.82. The first kappa shape index (κ1) is 16.2. The van der Waals surface area contributed by atoms with Crippen molar-refractivity contribution in [3.8, 4) is 5.75 Å². The lowest BCUT2D eigenvalue weighted by molar-refractivity contribution is -0.657. The molecule has 1 aromatic heterocycles. The molecule has 112 valence electrons. The first-order valence-corrected chi connectivity index (χ1v) is 6.82. The molecule has 0 N–H and O–H groups in total. The maximum Gasteiger partial charge on any atom is 0.227 e. The van der Waals surface area contributed by atoms with E-state index in [1.54, 1.807) is 31.4 Å². The van der Waals surface area contributed by atoms with Crippen molar-refractivity contribution in [2.24, 2.45) is 0 Å². The van der Waals surface area contributed by atoms with E-state index >= 15 is 0 Å². The molecule has 3 nitrogen and oxygen atoms in total. The van der Waals surface area contributed by atoms with Gasteiger partial charge < -0.3 is 4.74 Å². The fourth-order valence-electron chi connectivity index (χ4n) is 2.38. The minimum atomic E-state index is 0. The third kappa shape index (κ3) is 3.34. The molecular formula is C18H17BrNO2+. The smallest absolute Gasteiger partial charge is 0.227 e. The molecule has 0 radical (unpaired) electrons. The van der Waals surface area contributed by atoms with Crippen molar-refractivity contribution >= 4 is 33.7 Å². The van der Waals surface area contributed by atoms with Crippen LogP contribution >= 0.6 is 17.0 Å². The van der Waals surface area contributed by atoms with Crippen LogP contribution in [0.1, 0.15) is 10.4 Å². The van der Waals surface area contributed by atoms with Crippen LogP contribution in [0.4, 0.5) is 0 Å². The van der Waals surface area contributed by atoms with Crippen LogP contribution < -0.4 is 9.30 Å². The van der Waals surface area contributed by atoms with Gasteiger partial charge in [0.2, 0.25) is 17.8 Å². The van der Waals surface area contributed by atoms with Crippen molar-refractivity contribution < 1.29 is 14.1 Å². The molecule has 0 saturated carbocycles. The summed E-state index contributed by atoms with van der Waals surface area (Å²) >= 11 is 0. The van der Waals surface area contributed by atoms with Crippen molar-refractivity contribution in [2.45, 2.75) is 6.54 Å². The summed E-state index contributed by atoms with van der Waals surface area (Å²) in [5.41, 5.74) is 1.75. The van der Waals surface area contributed by atoms with Crippen LogP contribution in [0.2, 0.25) is 0 Å². The number of halogens is 1. The Balaban J connectivity index is 0.00000176. The number of nitrogens with zero attached hydrogens (tertiary/aromatic N) is 1. The van der Waals surface area contributed by atoms with Crippen LogP contribution in [0.3, 0.4) is 0 Å². The number of ether oxygens (including phenoxy) is 1. The van der Waals surface area contributed by atoms with Crippen molar-refractivity contribution in [2.75, 3.05) is 7.11 Å². The van der Waals surface area contributed by atoms with Crippen LogP contribution in [-0.2, 0) is 6.54 Å². The number of carbonyl (C=O) groups excluding carboxylic acids is 1. The van der Waals surface area contributed by atoms with Crippen LogP contribution in [0.25, 0.3) is 10.9 Å². The molecule has 0 aliphatic heterocycles. The third-order valence-electron chi connectivity index (χ3n) is 3.51. The van der Waals surface area contributed by atoms with Gasteiger partial charge in [-0.05, 0) is 36.4 Å². The summed E-state index contributed by atoms with van der Waals surface area (Å²) in [7, 11) is 1.61. The van der Waals surface area contributed by atoms with Gasteiger partial charge in [0.1, 0.15) is 5.75 Å². The number of ketones is 1. The zero-order chi connectivity index (χ0) is 14.7. The number of fused-ring (bicyclic) bond motifs is 1. The van der Waals surface area contributed by atoms with Crippen molar-refractivity contribution in [1.29, 1.82) is 0 Å². The Morgan fingerprint density at radius 2 is 1.68 bits per heavy atom. The largest absolute Gasteiger partial charge is 0.497 e. The zero-order valence-corrected chi connectivity index (χ0v) is 13.9. The molecule has 0 unspecified atom stereocenters. The SMILES string of the molecule is Br.COc1ccc(C(=O)C[n+]2cccc3ccccc32)cc1. The van der Waals surface area contributed by atoms with Gasteiger partial charge in [-0.3, -0.25) is 4.79 Å². The summed E-state index contributed by atoms with van der Waals surface area (Å²) in [6.45, 7) is 0.327. The molecule has 0 aliphatic carbocycles. The minimum Gasteiger partial charge on any atom is -0.497 e. The molecule has 2 aromatic carbocycles. The van der Waals surface area contributed by atoms with E-state index in [0.717, 1.165) is 16.7 Å². The maximum atomic E-state index is 12.4. The highest BCUT2D eigenvalue weighted by molar-refractivity contribution is 8.93. The second-order valence-corrected chi connectivity index (χ2v) is 4.85. The lowest BCUT2D eigenvalue weighted by Crippen LogP contribution is -2.38. The highest BCUT2D eigenvalue weighted by Gasteiger charge is 2.14. The van der Waals surface area contributed by atoms with Gasteiger partial charge in [0, 0.05) is 23.1 Å². The van der Waals surface area contributed by atoms with Crippen LogP contribution in [0.5, 0.6) is 5.75 Å². The Morgan fingerprint density at radius 3 is 2.41 bits per heavy atom. The lowest BCUT2D eigenvalue weighted by Gasteiger charge is -2.03. The summed E-state index contributed by atoms with van der Waals surface area (Å²) in [6, 6.07) is 19.3. The molecule has 1 heterocycles. The number of hydrogen-bond acceptors (Lipinski definition) is 2. The van der Waals surface area contributed by atoms with Crippen molar-refractivity contribution in [3.05, 3.63) is 72.4 Å². The highest BCUT2D eigenvalue weighted by atomic mass is 79.9. The second kappa shape index (κ2) is 7.18. The van der Waals surface area contributed by atoms with Gasteiger partial charge in [-0.1, -0.05) is 12.1 Å². The van der Waals surface area contributed by atoms with Crippen LogP contribution in [-0.4, -0.2) is 12.9 Å². The lowest BCUT2D eigenvalue weighted by atomic mass is 10.1. The first-order chi connectivity index (χ1) is 10.3. The molecule has 0 atom stereocenters. The number of aromatic nitrogens is 1. The summed E-state index contributed by atoms with van der Waals surface area (Å²) in [5.74, 6) is 0.836. The van der Waals surface area contributed by atoms with Gasteiger partial charge in [-0.2, -0.15) is 4.57 Å². The molecule has 22 heavy (non-hydrogen) atoms. The van der Waals surface area contributed by atoms with Gasteiger partial charge in [0.25, 0.3) is 0 Å². The van der Waals surface area contributed by atoms with Crippen LogP contribution in [0.15, 0.2) is 66.9 Å². The third-order valence-corrected chi connectivity index (χ3v) is 3.51. The molecule has 0 spiro atoms. The van der Waals surface area contributed by atoms with E-state index in [9.17, 15) is 4.79 Å². The number of carbonyl (C=O) groups is 1. The molecular weight excluding hydrogens is 342 g/mol. The van der Waals surface area contributed by atoms with E-state index in [-0.39, 0.29) is 22.8 Å². The average molecular weight is 359 g/mol. The average Bonchev–Trinajstić information content (AvgIpc) is 2.55. The molecule has 4 heteroatoms. The molecule has 0 fully saturated rings. The van der Waals surface area contributed by atoms with Gasteiger partial charge in [-0.25, -0.2) is 0 Å². The fourth-order valence-corrected chi connectivity index (χ4v) is 2.38.